The van der Waals surface area contributed by atoms with Crippen LogP contribution in [-0.4, -0.2) is 41.8 Å². The summed E-state index contributed by atoms with van der Waals surface area (Å²) in [6.07, 6.45) is -0.145. The third-order valence-corrected chi connectivity index (χ3v) is 3.14. The van der Waals surface area contributed by atoms with Crippen LogP contribution in [0.3, 0.4) is 0 Å². The van der Waals surface area contributed by atoms with E-state index < -0.39 is 12.2 Å². The molecule has 0 fully saturated rings. The normalized spacial score (nSPS) is 11.9. The van der Waals surface area contributed by atoms with Gasteiger partial charge in [0.05, 0.1) is 27.4 Å². The monoisotopic (exact) mass is 295 g/mol. The first-order valence-corrected chi connectivity index (χ1v) is 6.39. The number of ether oxygens (including phenoxy) is 5. The Morgan fingerprint density at radius 3 is 1.81 bits per heavy atom. The number of methoxy groups -OCH3 is 5. The van der Waals surface area contributed by atoms with Crippen molar-refractivity contribution in [3.8, 4) is 23.3 Å². The van der Waals surface area contributed by atoms with E-state index in [2.05, 4.69) is 6.07 Å². The fraction of sp³-hybridized carbons (Fsp3) is 0.533. The molecule has 0 N–H and O–H groups in total. The summed E-state index contributed by atoms with van der Waals surface area (Å²) in [7, 11) is 7.66. The Morgan fingerprint density at radius 2 is 1.48 bits per heavy atom. The minimum Gasteiger partial charge on any atom is -0.493 e. The number of nitriles is 1. The molecule has 0 heterocycles. The molecule has 0 saturated carbocycles. The molecular weight excluding hydrogens is 274 g/mol. The lowest BCUT2D eigenvalue weighted by molar-refractivity contribution is -0.124. The Hall–Kier alpha value is -1.97. The van der Waals surface area contributed by atoms with Crippen LogP contribution in [0.5, 0.6) is 17.2 Å². The molecular formula is C15H21NO5. The van der Waals surface area contributed by atoms with Gasteiger partial charge in [0.2, 0.25) is 5.75 Å². The maximum absolute atomic E-state index is 9.28. The standard InChI is InChI=1S/C15H21NO5/c1-17-12-7-10(8-13(18-2)14(12)19-3)6-11(9-16)15(20-4)21-5/h7-8,11,15H,6H2,1-5H3. The predicted molar refractivity (Wildman–Crippen MR) is 76.7 cm³/mol. The van der Waals surface area contributed by atoms with E-state index in [9.17, 15) is 5.26 Å². The summed E-state index contributed by atoms with van der Waals surface area (Å²) in [4.78, 5) is 0. The summed E-state index contributed by atoms with van der Waals surface area (Å²) in [6.45, 7) is 0. The van der Waals surface area contributed by atoms with Crippen molar-refractivity contribution in [3.05, 3.63) is 17.7 Å². The van der Waals surface area contributed by atoms with Crippen LogP contribution in [0.2, 0.25) is 0 Å². The highest BCUT2D eigenvalue weighted by molar-refractivity contribution is 5.54. The summed E-state index contributed by atoms with van der Waals surface area (Å²) in [6, 6.07) is 5.82. The molecule has 0 saturated heterocycles. The van der Waals surface area contributed by atoms with E-state index in [0.29, 0.717) is 23.7 Å². The smallest absolute Gasteiger partial charge is 0.203 e. The fourth-order valence-corrected chi connectivity index (χ4v) is 2.13. The zero-order valence-electron chi connectivity index (χ0n) is 13.0. The zero-order chi connectivity index (χ0) is 15.8. The lowest BCUT2D eigenvalue weighted by Crippen LogP contribution is -2.25. The molecule has 0 spiro atoms. The summed E-state index contributed by atoms with van der Waals surface area (Å²) in [5.74, 6) is 1.18. The van der Waals surface area contributed by atoms with Gasteiger partial charge in [0.25, 0.3) is 0 Å². The van der Waals surface area contributed by atoms with Crippen molar-refractivity contribution in [1.82, 2.24) is 0 Å². The average molecular weight is 295 g/mol. The summed E-state index contributed by atoms with van der Waals surface area (Å²) < 4.78 is 26.2. The molecule has 6 nitrogen and oxygen atoms in total. The molecule has 1 rings (SSSR count). The van der Waals surface area contributed by atoms with Crippen LogP contribution >= 0.6 is 0 Å². The first-order chi connectivity index (χ1) is 10.1. The van der Waals surface area contributed by atoms with Gasteiger partial charge in [0.1, 0.15) is 5.92 Å². The lowest BCUT2D eigenvalue weighted by Gasteiger charge is -2.20. The van der Waals surface area contributed by atoms with Gasteiger partial charge in [-0.1, -0.05) is 0 Å². The van der Waals surface area contributed by atoms with Gasteiger partial charge in [-0.05, 0) is 24.1 Å². The fourth-order valence-electron chi connectivity index (χ4n) is 2.13. The molecule has 0 aliphatic heterocycles. The Balaban J connectivity index is 3.11. The predicted octanol–water partition coefficient (Wildman–Crippen LogP) is 2.01. The molecule has 1 atom stereocenters. The Kier molecular flexibility index (Phi) is 6.79. The number of hydrogen-bond donors (Lipinski definition) is 0. The Bertz CT molecular complexity index is 468. The third kappa shape index (κ3) is 4.00. The van der Waals surface area contributed by atoms with E-state index in [-0.39, 0.29) is 0 Å². The maximum Gasteiger partial charge on any atom is 0.203 e. The average Bonchev–Trinajstić information content (AvgIpc) is 2.53. The largest absolute Gasteiger partial charge is 0.493 e. The van der Waals surface area contributed by atoms with Crippen LogP contribution in [0.1, 0.15) is 5.56 Å². The molecule has 1 unspecified atom stereocenters. The van der Waals surface area contributed by atoms with Crippen LogP contribution in [-0.2, 0) is 15.9 Å². The number of benzene rings is 1. The Labute approximate surface area is 125 Å². The third-order valence-electron chi connectivity index (χ3n) is 3.14. The van der Waals surface area contributed by atoms with Crippen molar-refractivity contribution in [2.45, 2.75) is 12.7 Å². The molecule has 0 aliphatic rings. The van der Waals surface area contributed by atoms with E-state index in [1.165, 1.54) is 14.2 Å². The highest BCUT2D eigenvalue weighted by Gasteiger charge is 2.23. The number of rotatable bonds is 8. The van der Waals surface area contributed by atoms with Gasteiger partial charge in [0, 0.05) is 14.2 Å². The highest BCUT2D eigenvalue weighted by atomic mass is 16.7. The molecule has 0 radical (unpaired) electrons. The van der Waals surface area contributed by atoms with Gasteiger partial charge in [-0.15, -0.1) is 0 Å². The summed E-state index contributed by atoms with van der Waals surface area (Å²) in [5.41, 5.74) is 0.871. The minimum atomic E-state index is -0.589. The molecule has 6 heteroatoms. The van der Waals surface area contributed by atoms with Crippen molar-refractivity contribution < 1.29 is 23.7 Å². The summed E-state index contributed by atoms with van der Waals surface area (Å²) >= 11 is 0. The van der Waals surface area contributed by atoms with Crippen LogP contribution in [0.15, 0.2) is 12.1 Å². The zero-order valence-corrected chi connectivity index (χ0v) is 13.0. The van der Waals surface area contributed by atoms with Gasteiger partial charge in [-0.3, -0.25) is 0 Å². The highest BCUT2D eigenvalue weighted by Crippen LogP contribution is 2.38. The van der Waals surface area contributed by atoms with Gasteiger partial charge in [0.15, 0.2) is 17.8 Å². The van der Waals surface area contributed by atoms with Crippen molar-refractivity contribution in [1.29, 1.82) is 5.26 Å². The molecule has 0 aliphatic carbocycles. The van der Waals surface area contributed by atoms with Crippen molar-refractivity contribution in [2.75, 3.05) is 35.5 Å². The van der Waals surface area contributed by atoms with Crippen LogP contribution in [0.25, 0.3) is 0 Å². The second-order valence-electron chi connectivity index (χ2n) is 4.31. The second kappa shape index (κ2) is 8.35. The van der Waals surface area contributed by atoms with Crippen molar-refractivity contribution in [2.24, 2.45) is 5.92 Å². The van der Waals surface area contributed by atoms with Crippen LogP contribution in [0, 0.1) is 17.2 Å². The second-order valence-corrected chi connectivity index (χ2v) is 4.31. The molecule has 0 amide bonds. The quantitative estimate of drug-likeness (QED) is 0.683. The van der Waals surface area contributed by atoms with Crippen molar-refractivity contribution in [3.63, 3.8) is 0 Å². The molecule has 21 heavy (non-hydrogen) atoms. The number of hydrogen-bond acceptors (Lipinski definition) is 6. The van der Waals surface area contributed by atoms with Gasteiger partial charge in [-0.25, -0.2) is 0 Å². The molecule has 116 valence electrons. The van der Waals surface area contributed by atoms with Gasteiger partial charge >= 0.3 is 0 Å². The molecule has 0 bridgehead atoms. The first-order valence-electron chi connectivity index (χ1n) is 6.39. The molecule has 0 aromatic heterocycles. The van der Waals surface area contributed by atoms with Crippen LogP contribution < -0.4 is 14.2 Å². The van der Waals surface area contributed by atoms with Gasteiger partial charge in [-0.2, -0.15) is 5.26 Å². The lowest BCUT2D eigenvalue weighted by atomic mass is 9.99. The van der Waals surface area contributed by atoms with E-state index >= 15 is 0 Å². The molecule has 1 aromatic carbocycles. The molecule has 1 aromatic rings. The van der Waals surface area contributed by atoms with E-state index in [1.54, 1.807) is 21.3 Å². The number of nitrogens with zero attached hydrogens (tertiary/aromatic N) is 1. The summed E-state index contributed by atoms with van der Waals surface area (Å²) in [5, 5.41) is 9.28. The van der Waals surface area contributed by atoms with Gasteiger partial charge < -0.3 is 23.7 Å². The first kappa shape index (κ1) is 17.1. The van der Waals surface area contributed by atoms with Crippen LogP contribution in [0.4, 0.5) is 0 Å². The van der Waals surface area contributed by atoms with Crippen molar-refractivity contribution >= 4 is 0 Å². The van der Waals surface area contributed by atoms with E-state index in [4.69, 9.17) is 23.7 Å². The topological polar surface area (TPSA) is 69.9 Å². The SMILES string of the molecule is COc1cc(CC(C#N)C(OC)OC)cc(OC)c1OC. The van der Waals surface area contributed by atoms with E-state index in [0.717, 1.165) is 5.56 Å². The van der Waals surface area contributed by atoms with E-state index in [1.807, 2.05) is 12.1 Å². The Morgan fingerprint density at radius 1 is 0.952 bits per heavy atom. The maximum atomic E-state index is 9.28. The minimum absolute atomic E-state index is 0.442.